The summed E-state index contributed by atoms with van der Waals surface area (Å²) < 4.78 is 39.2. The second-order valence-electron chi connectivity index (χ2n) is 7.77. The molecule has 0 radical (unpaired) electrons. The molecule has 3 rings (SSSR count). The Morgan fingerprint density at radius 3 is 2.24 bits per heavy atom. The molecule has 182 valence electrons. The van der Waals surface area contributed by atoms with Gasteiger partial charge in [0.15, 0.2) is 0 Å². The molecule has 1 aromatic heterocycles. The number of sulfonamides is 1. The van der Waals surface area contributed by atoms with Gasteiger partial charge in [-0.1, -0.05) is 0 Å². The standard InChI is InChI=1S/C22H29N3O6S.ClH/c1-30-18-5-3-17(4-6-18)21(22(26)24-27)25(15-16-11-13-23-14-12-16)32(28,29)20-9-7-19(31-2)8-10-20;/h7-14,17-18,21,27H,3-6,15H2,1-2H3,(H,24,26);1H/t17-,18-,21-;/m1./s1. The minimum absolute atomic E-state index is 0. The van der Waals surface area contributed by atoms with Gasteiger partial charge in [0.25, 0.3) is 5.91 Å². The van der Waals surface area contributed by atoms with Crippen LogP contribution in [0.2, 0.25) is 0 Å². The molecular weight excluding hydrogens is 470 g/mol. The van der Waals surface area contributed by atoms with Crippen LogP contribution in [0, 0.1) is 5.92 Å². The predicted octanol–water partition coefficient (Wildman–Crippen LogP) is 2.78. The van der Waals surface area contributed by atoms with Gasteiger partial charge in [0.1, 0.15) is 11.8 Å². The summed E-state index contributed by atoms with van der Waals surface area (Å²) in [4.78, 5) is 16.9. The summed E-state index contributed by atoms with van der Waals surface area (Å²) in [5.41, 5.74) is 2.37. The van der Waals surface area contributed by atoms with Crippen LogP contribution in [0.5, 0.6) is 5.75 Å². The van der Waals surface area contributed by atoms with Gasteiger partial charge in [0, 0.05) is 26.0 Å². The molecule has 2 aromatic rings. The first kappa shape index (κ1) is 27.0. The maximum atomic E-state index is 13.7. The van der Waals surface area contributed by atoms with Gasteiger partial charge in [-0.3, -0.25) is 15.0 Å². The fourth-order valence-electron chi connectivity index (χ4n) is 4.17. The largest absolute Gasteiger partial charge is 0.497 e. The summed E-state index contributed by atoms with van der Waals surface area (Å²) in [6.45, 7) is -0.0425. The molecule has 0 aliphatic heterocycles. The number of benzene rings is 1. The third-order valence-electron chi connectivity index (χ3n) is 5.94. The van der Waals surface area contributed by atoms with Gasteiger partial charge in [-0.05, 0) is 73.6 Å². The van der Waals surface area contributed by atoms with Gasteiger partial charge in [-0.25, -0.2) is 13.9 Å². The van der Waals surface area contributed by atoms with E-state index in [1.165, 1.54) is 23.5 Å². The Morgan fingerprint density at radius 2 is 1.73 bits per heavy atom. The molecule has 1 aromatic carbocycles. The lowest BCUT2D eigenvalue weighted by Crippen LogP contribution is -2.53. The van der Waals surface area contributed by atoms with Gasteiger partial charge in [-0.2, -0.15) is 4.31 Å². The van der Waals surface area contributed by atoms with Crippen molar-refractivity contribution in [2.75, 3.05) is 14.2 Å². The molecule has 1 amide bonds. The molecule has 1 saturated carbocycles. The summed E-state index contributed by atoms with van der Waals surface area (Å²) >= 11 is 0. The second kappa shape index (κ2) is 12.3. The van der Waals surface area contributed by atoms with Crippen LogP contribution < -0.4 is 10.2 Å². The Morgan fingerprint density at radius 1 is 1.12 bits per heavy atom. The van der Waals surface area contributed by atoms with Crippen molar-refractivity contribution in [3.05, 3.63) is 54.4 Å². The lowest BCUT2D eigenvalue weighted by molar-refractivity contribution is -0.136. The van der Waals surface area contributed by atoms with Crippen molar-refractivity contribution >= 4 is 28.3 Å². The topological polar surface area (TPSA) is 118 Å². The lowest BCUT2D eigenvalue weighted by Gasteiger charge is -2.38. The Bertz CT molecular complexity index is 983. The van der Waals surface area contributed by atoms with Crippen LogP contribution in [-0.4, -0.2) is 55.2 Å². The number of methoxy groups -OCH3 is 2. The predicted molar refractivity (Wildman–Crippen MR) is 124 cm³/mol. The van der Waals surface area contributed by atoms with Crippen molar-refractivity contribution in [1.82, 2.24) is 14.8 Å². The Labute approximate surface area is 200 Å². The van der Waals surface area contributed by atoms with Crippen LogP contribution in [0.25, 0.3) is 0 Å². The average molecular weight is 500 g/mol. The zero-order valence-electron chi connectivity index (χ0n) is 18.6. The van der Waals surface area contributed by atoms with Crippen LogP contribution in [0.1, 0.15) is 31.2 Å². The number of halogens is 1. The fourth-order valence-corrected chi connectivity index (χ4v) is 5.81. The van der Waals surface area contributed by atoms with Crippen molar-refractivity contribution in [1.29, 1.82) is 0 Å². The number of aromatic nitrogens is 1. The summed E-state index contributed by atoms with van der Waals surface area (Å²) in [5, 5.41) is 9.48. The minimum atomic E-state index is -4.09. The van der Waals surface area contributed by atoms with Gasteiger partial charge in [0.2, 0.25) is 10.0 Å². The number of nitrogens with one attached hydrogen (secondary N) is 1. The molecule has 0 saturated heterocycles. The van der Waals surface area contributed by atoms with Crippen LogP contribution >= 0.6 is 12.4 Å². The third-order valence-corrected chi connectivity index (χ3v) is 7.78. The van der Waals surface area contributed by atoms with Crippen LogP contribution in [0.4, 0.5) is 0 Å². The molecule has 1 fully saturated rings. The first-order chi connectivity index (χ1) is 15.4. The second-order valence-corrected chi connectivity index (χ2v) is 9.67. The minimum Gasteiger partial charge on any atom is -0.497 e. The molecule has 0 spiro atoms. The summed E-state index contributed by atoms with van der Waals surface area (Å²) in [6, 6.07) is 8.33. The van der Waals surface area contributed by atoms with Gasteiger partial charge in [0.05, 0.1) is 18.1 Å². The molecule has 1 aliphatic rings. The maximum absolute atomic E-state index is 13.7. The number of amides is 1. The van der Waals surface area contributed by atoms with E-state index in [4.69, 9.17) is 9.47 Å². The van der Waals surface area contributed by atoms with E-state index < -0.39 is 22.0 Å². The maximum Gasteiger partial charge on any atom is 0.262 e. The highest BCUT2D eigenvalue weighted by atomic mass is 35.5. The molecule has 11 heteroatoms. The van der Waals surface area contributed by atoms with Crippen molar-refractivity contribution < 1.29 is 27.9 Å². The van der Waals surface area contributed by atoms with E-state index in [0.717, 1.165) is 0 Å². The number of hydrogen-bond donors (Lipinski definition) is 2. The summed E-state index contributed by atoms with van der Waals surface area (Å²) in [7, 11) is -0.950. The van der Waals surface area contributed by atoms with E-state index in [1.807, 2.05) is 0 Å². The molecule has 9 nitrogen and oxygen atoms in total. The van der Waals surface area contributed by atoms with Crippen LogP contribution in [-0.2, 0) is 26.1 Å². The van der Waals surface area contributed by atoms with Gasteiger partial charge >= 0.3 is 0 Å². The monoisotopic (exact) mass is 499 g/mol. The van der Waals surface area contributed by atoms with E-state index in [1.54, 1.807) is 49.2 Å². The number of pyridine rings is 1. The quantitative estimate of drug-likeness (QED) is 0.402. The van der Waals surface area contributed by atoms with Gasteiger partial charge < -0.3 is 9.47 Å². The van der Waals surface area contributed by atoms with E-state index in [-0.39, 0.29) is 35.9 Å². The zero-order chi connectivity index (χ0) is 23.1. The molecule has 2 N–H and O–H groups in total. The van der Waals surface area contributed by atoms with Crippen molar-refractivity contribution in [2.24, 2.45) is 5.92 Å². The molecule has 1 heterocycles. The summed E-state index contributed by atoms with van der Waals surface area (Å²) in [6.07, 6.45) is 5.83. The number of hydroxylamine groups is 1. The normalized spacial score (nSPS) is 19.4. The number of hydrogen-bond acceptors (Lipinski definition) is 7. The van der Waals surface area contributed by atoms with E-state index in [0.29, 0.717) is 37.0 Å². The Hall–Kier alpha value is -2.24. The number of nitrogens with zero attached hydrogens (tertiary/aromatic N) is 2. The van der Waals surface area contributed by atoms with Crippen molar-refractivity contribution in [3.63, 3.8) is 0 Å². The van der Waals surface area contributed by atoms with E-state index in [2.05, 4.69) is 4.98 Å². The molecule has 0 bridgehead atoms. The third kappa shape index (κ3) is 6.42. The molecule has 33 heavy (non-hydrogen) atoms. The summed E-state index contributed by atoms with van der Waals surface area (Å²) in [5.74, 6) is -0.507. The van der Waals surface area contributed by atoms with E-state index >= 15 is 0 Å². The van der Waals surface area contributed by atoms with E-state index in [9.17, 15) is 18.4 Å². The van der Waals surface area contributed by atoms with Crippen molar-refractivity contribution in [3.8, 4) is 5.75 Å². The Balaban J connectivity index is 0.00000385. The SMILES string of the molecule is COc1ccc(S(=O)(=O)N(Cc2ccncc2)[C@@H](C(=O)NO)[C@H]2CC[C@H](OC)CC2)cc1.Cl. The average Bonchev–Trinajstić information content (AvgIpc) is 2.84. The van der Waals surface area contributed by atoms with Gasteiger partial charge in [-0.15, -0.1) is 12.4 Å². The highest BCUT2D eigenvalue weighted by Gasteiger charge is 2.42. The van der Waals surface area contributed by atoms with Crippen LogP contribution in [0.15, 0.2) is 53.7 Å². The number of carbonyl (C=O) groups is 1. The molecule has 1 atom stereocenters. The fraction of sp³-hybridized carbons (Fsp3) is 0.455. The number of carbonyl (C=O) groups excluding carboxylic acids is 1. The molecule has 1 aliphatic carbocycles. The molecular formula is C22H30ClN3O6S. The molecule has 0 unspecified atom stereocenters. The number of ether oxygens (including phenoxy) is 2. The first-order valence-electron chi connectivity index (χ1n) is 10.4. The van der Waals surface area contributed by atoms with Crippen LogP contribution in [0.3, 0.4) is 0 Å². The Kier molecular flexibility index (Phi) is 10.1. The smallest absolute Gasteiger partial charge is 0.262 e. The van der Waals surface area contributed by atoms with Crippen molar-refractivity contribution in [2.45, 2.75) is 49.3 Å². The lowest BCUT2D eigenvalue weighted by atomic mass is 9.82. The zero-order valence-corrected chi connectivity index (χ0v) is 20.2. The first-order valence-corrected chi connectivity index (χ1v) is 11.9. The number of rotatable bonds is 9. The highest BCUT2D eigenvalue weighted by Crippen LogP contribution is 2.34. The highest BCUT2D eigenvalue weighted by molar-refractivity contribution is 7.89.